The van der Waals surface area contributed by atoms with Crippen LogP contribution in [0.25, 0.3) is 11.2 Å². The number of hydrogen-bond acceptors (Lipinski definition) is 7. The Morgan fingerprint density at radius 1 is 1.13 bits per heavy atom. The van der Waals surface area contributed by atoms with E-state index in [9.17, 15) is 10.2 Å². The molecule has 3 aromatic rings. The highest BCUT2D eigenvalue weighted by atomic mass is 35.5. The summed E-state index contributed by atoms with van der Waals surface area (Å²) in [5.74, 6) is 1.13. The van der Waals surface area contributed by atoms with Gasteiger partial charge in [-0.25, -0.2) is 4.98 Å². The molecular weight excluding hydrogens is 416 g/mol. The SMILES string of the molecule is CCC(Nc1nc(NCc2cc(Cl)ccc2O)c2ncn(C(CC)CC)c2n1)C(C)O. The molecule has 3 rings (SSSR count). The minimum absolute atomic E-state index is 0.156. The van der Waals surface area contributed by atoms with E-state index < -0.39 is 6.10 Å². The minimum Gasteiger partial charge on any atom is -0.508 e. The normalized spacial score (nSPS) is 13.5. The van der Waals surface area contributed by atoms with Gasteiger partial charge in [-0.2, -0.15) is 9.97 Å². The van der Waals surface area contributed by atoms with Gasteiger partial charge in [0.25, 0.3) is 0 Å². The highest BCUT2D eigenvalue weighted by molar-refractivity contribution is 6.30. The van der Waals surface area contributed by atoms with E-state index >= 15 is 0 Å². The average Bonchev–Trinajstić information content (AvgIpc) is 3.17. The average molecular weight is 447 g/mol. The van der Waals surface area contributed by atoms with Crippen LogP contribution < -0.4 is 10.6 Å². The van der Waals surface area contributed by atoms with Crippen molar-refractivity contribution >= 4 is 34.5 Å². The number of phenolic OH excluding ortho intramolecular Hbond substituents is 1. The number of imidazole rings is 1. The zero-order valence-electron chi connectivity index (χ0n) is 18.4. The van der Waals surface area contributed by atoms with Gasteiger partial charge in [-0.15, -0.1) is 0 Å². The smallest absolute Gasteiger partial charge is 0.227 e. The summed E-state index contributed by atoms with van der Waals surface area (Å²) in [6.45, 7) is 8.35. The fourth-order valence-corrected chi connectivity index (χ4v) is 3.85. The zero-order chi connectivity index (χ0) is 22.5. The number of aliphatic hydroxyl groups is 1. The number of aromatic hydroxyl groups is 1. The molecule has 0 radical (unpaired) electrons. The van der Waals surface area contributed by atoms with Gasteiger partial charge in [0, 0.05) is 23.2 Å². The van der Waals surface area contributed by atoms with E-state index in [0.29, 0.717) is 34.4 Å². The topological polar surface area (TPSA) is 108 Å². The van der Waals surface area contributed by atoms with Crippen LogP contribution in [0.1, 0.15) is 58.6 Å². The minimum atomic E-state index is -0.548. The van der Waals surface area contributed by atoms with Crippen LogP contribution in [0.3, 0.4) is 0 Å². The molecule has 168 valence electrons. The number of anilines is 2. The van der Waals surface area contributed by atoms with E-state index in [4.69, 9.17) is 16.6 Å². The number of hydrogen-bond donors (Lipinski definition) is 4. The Hall–Kier alpha value is -2.58. The van der Waals surface area contributed by atoms with Crippen molar-refractivity contribution < 1.29 is 10.2 Å². The van der Waals surface area contributed by atoms with Crippen LogP contribution in [0, 0.1) is 0 Å². The number of phenols is 1. The Kier molecular flexibility index (Phi) is 7.56. The predicted molar refractivity (Wildman–Crippen MR) is 125 cm³/mol. The van der Waals surface area contributed by atoms with E-state index in [1.54, 1.807) is 31.5 Å². The molecule has 0 amide bonds. The summed E-state index contributed by atoms with van der Waals surface area (Å²) in [6, 6.07) is 5.02. The van der Waals surface area contributed by atoms with Gasteiger partial charge in [-0.3, -0.25) is 0 Å². The summed E-state index contributed by atoms with van der Waals surface area (Å²) in [4.78, 5) is 13.9. The van der Waals surface area contributed by atoms with Crippen LogP contribution in [-0.4, -0.2) is 41.9 Å². The largest absolute Gasteiger partial charge is 0.508 e. The number of halogens is 1. The second kappa shape index (κ2) is 10.2. The van der Waals surface area contributed by atoms with Crippen LogP contribution in [-0.2, 0) is 6.54 Å². The monoisotopic (exact) mass is 446 g/mol. The Balaban J connectivity index is 2.02. The Morgan fingerprint density at radius 2 is 1.87 bits per heavy atom. The van der Waals surface area contributed by atoms with Crippen molar-refractivity contribution in [2.75, 3.05) is 10.6 Å². The summed E-state index contributed by atoms with van der Waals surface area (Å²) < 4.78 is 2.08. The molecule has 2 atom stereocenters. The molecule has 0 saturated heterocycles. The lowest BCUT2D eigenvalue weighted by Gasteiger charge is -2.21. The van der Waals surface area contributed by atoms with Gasteiger partial charge in [-0.05, 0) is 44.4 Å². The zero-order valence-corrected chi connectivity index (χ0v) is 19.2. The van der Waals surface area contributed by atoms with Crippen LogP contribution in [0.4, 0.5) is 11.8 Å². The first-order chi connectivity index (χ1) is 14.9. The molecule has 0 fully saturated rings. The highest BCUT2D eigenvalue weighted by Crippen LogP contribution is 2.28. The third kappa shape index (κ3) is 5.19. The first-order valence-electron chi connectivity index (χ1n) is 10.8. The van der Waals surface area contributed by atoms with Crippen LogP contribution in [0.15, 0.2) is 24.5 Å². The summed E-state index contributed by atoms with van der Waals surface area (Å²) in [5, 5.41) is 27.3. The fraction of sp³-hybridized carbons (Fsp3) is 0.500. The highest BCUT2D eigenvalue weighted by Gasteiger charge is 2.20. The Bertz CT molecular complexity index is 1020. The Labute approximate surface area is 187 Å². The molecule has 0 aliphatic carbocycles. The number of nitrogens with one attached hydrogen (secondary N) is 2. The molecule has 0 aliphatic heterocycles. The van der Waals surface area contributed by atoms with Gasteiger partial charge in [-0.1, -0.05) is 32.4 Å². The summed E-state index contributed by atoms with van der Waals surface area (Å²) in [5.41, 5.74) is 2.04. The molecule has 0 saturated carbocycles. The number of aromatic nitrogens is 4. The fourth-order valence-electron chi connectivity index (χ4n) is 3.66. The molecule has 1 aromatic carbocycles. The van der Waals surface area contributed by atoms with Crippen LogP contribution >= 0.6 is 11.6 Å². The molecule has 0 aliphatic rings. The quantitative estimate of drug-likeness (QED) is 0.356. The summed E-state index contributed by atoms with van der Waals surface area (Å²) >= 11 is 6.08. The van der Waals surface area contributed by atoms with Gasteiger partial charge < -0.3 is 25.4 Å². The van der Waals surface area contributed by atoms with E-state index in [1.807, 2.05) is 6.92 Å². The van der Waals surface area contributed by atoms with Crippen LogP contribution in [0.2, 0.25) is 5.02 Å². The number of fused-ring (bicyclic) bond motifs is 1. The molecule has 2 unspecified atom stereocenters. The molecule has 2 heterocycles. The van der Waals surface area contributed by atoms with Crippen molar-refractivity contribution in [3.8, 4) is 5.75 Å². The maximum Gasteiger partial charge on any atom is 0.227 e. The van der Waals surface area contributed by atoms with E-state index in [0.717, 1.165) is 24.9 Å². The van der Waals surface area contributed by atoms with Crippen molar-refractivity contribution in [1.29, 1.82) is 0 Å². The van der Waals surface area contributed by atoms with Gasteiger partial charge >= 0.3 is 0 Å². The molecule has 8 nitrogen and oxygen atoms in total. The number of nitrogens with zero attached hydrogens (tertiary/aromatic N) is 4. The summed E-state index contributed by atoms with van der Waals surface area (Å²) in [7, 11) is 0. The molecule has 2 aromatic heterocycles. The van der Waals surface area contributed by atoms with Crippen molar-refractivity contribution in [2.45, 2.75) is 71.7 Å². The standard InChI is InChI=1S/C22H31ClN6O2/c1-5-16(6-2)29-12-25-19-20(24-11-14-10-15(23)8-9-18(14)31)27-22(28-21(19)29)26-17(7-3)13(4)30/h8-10,12-13,16-17,30-31H,5-7,11H2,1-4H3,(H2,24,26,27,28). The van der Waals surface area contributed by atoms with Crippen molar-refractivity contribution in [3.05, 3.63) is 35.1 Å². The molecule has 4 N–H and O–H groups in total. The lowest BCUT2D eigenvalue weighted by atomic mass is 10.1. The maximum absolute atomic E-state index is 10.1. The van der Waals surface area contributed by atoms with Crippen molar-refractivity contribution in [2.24, 2.45) is 0 Å². The van der Waals surface area contributed by atoms with Crippen LogP contribution in [0.5, 0.6) is 5.75 Å². The molecule has 0 spiro atoms. The summed E-state index contributed by atoms with van der Waals surface area (Å²) in [6.07, 6.45) is 3.89. The number of aliphatic hydroxyl groups excluding tert-OH is 1. The second-order valence-corrected chi connectivity index (χ2v) is 8.15. The predicted octanol–water partition coefficient (Wildman–Crippen LogP) is 4.73. The van der Waals surface area contributed by atoms with Gasteiger partial charge in [0.1, 0.15) is 5.75 Å². The molecule has 9 heteroatoms. The van der Waals surface area contributed by atoms with Crippen molar-refractivity contribution in [1.82, 2.24) is 19.5 Å². The van der Waals surface area contributed by atoms with Gasteiger partial charge in [0.2, 0.25) is 5.95 Å². The molecular formula is C22H31ClN6O2. The third-order valence-corrected chi connectivity index (χ3v) is 5.82. The third-order valence-electron chi connectivity index (χ3n) is 5.58. The van der Waals surface area contributed by atoms with Gasteiger partial charge in [0.15, 0.2) is 17.0 Å². The molecule has 31 heavy (non-hydrogen) atoms. The lowest BCUT2D eigenvalue weighted by molar-refractivity contribution is 0.169. The van der Waals surface area contributed by atoms with Crippen molar-refractivity contribution in [3.63, 3.8) is 0 Å². The van der Waals surface area contributed by atoms with E-state index in [-0.39, 0.29) is 17.8 Å². The Morgan fingerprint density at radius 3 is 2.52 bits per heavy atom. The second-order valence-electron chi connectivity index (χ2n) is 7.72. The lowest BCUT2D eigenvalue weighted by Crippen LogP contribution is -2.31. The molecule has 0 bridgehead atoms. The number of rotatable bonds is 10. The number of benzene rings is 1. The van der Waals surface area contributed by atoms with E-state index in [1.165, 1.54) is 0 Å². The maximum atomic E-state index is 10.1. The van der Waals surface area contributed by atoms with E-state index in [2.05, 4.69) is 39.0 Å². The first kappa shape index (κ1) is 23.1. The van der Waals surface area contributed by atoms with Gasteiger partial charge in [0.05, 0.1) is 18.5 Å². The first-order valence-corrected chi connectivity index (χ1v) is 11.2.